The van der Waals surface area contributed by atoms with E-state index in [0.717, 1.165) is 14.0 Å². The van der Waals surface area contributed by atoms with Gasteiger partial charge >= 0.3 is 5.97 Å². The average molecular weight is 550 g/mol. The van der Waals surface area contributed by atoms with Crippen LogP contribution in [0.4, 0.5) is 13.2 Å². The largest absolute Gasteiger partial charge is 0.465 e. The molecule has 6 nitrogen and oxygen atoms in total. The number of hydrogen-bond donors (Lipinski definition) is 0. The summed E-state index contributed by atoms with van der Waals surface area (Å²) < 4.78 is 78.2. The minimum Gasteiger partial charge on any atom is -0.465 e. The van der Waals surface area contributed by atoms with E-state index in [-0.39, 0.29) is 14.6 Å². The van der Waals surface area contributed by atoms with Crippen molar-refractivity contribution in [2.45, 2.75) is 38.0 Å². The first-order valence-corrected chi connectivity index (χ1v) is 13.2. The number of thiophene rings is 1. The number of carbonyl (C=O) groups excluding carboxylic acids is 2. The van der Waals surface area contributed by atoms with Crippen LogP contribution in [0.1, 0.15) is 56.9 Å². The summed E-state index contributed by atoms with van der Waals surface area (Å²) in [6, 6.07) is 8.98. The van der Waals surface area contributed by atoms with Gasteiger partial charge in [-0.15, -0.1) is 11.3 Å². The first-order chi connectivity index (χ1) is 17.2. The summed E-state index contributed by atoms with van der Waals surface area (Å²) in [5.74, 6) is -5.75. The number of hydrogen-bond acceptors (Lipinski definition) is 6. The van der Waals surface area contributed by atoms with Gasteiger partial charge in [0.05, 0.1) is 27.8 Å². The predicted octanol–water partition coefficient (Wildman–Crippen LogP) is 5.98. The van der Waals surface area contributed by atoms with Crippen molar-refractivity contribution in [2.75, 3.05) is 7.11 Å². The van der Waals surface area contributed by atoms with Crippen LogP contribution in [-0.4, -0.2) is 31.3 Å². The van der Waals surface area contributed by atoms with Gasteiger partial charge in [-0.3, -0.25) is 4.79 Å². The number of ether oxygens (including phenoxy) is 1. The van der Waals surface area contributed by atoms with Crippen molar-refractivity contribution in [2.24, 2.45) is 0 Å². The number of rotatable bonds is 5. The van der Waals surface area contributed by atoms with Gasteiger partial charge in [-0.2, -0.15) is 0 Å². The maximum absolute atomic E-state index is 15.8. The number of ketones is 1. The van der Waals surface area contributed by atoms with Crippen LogP contribution < -0.4 is 0 Å². The lowest BCUT2D eigenvalue weighted by molar-refractivity contribution is 0.0606. The molecule has 2 aromatic carbocycles. The molecule has 4 aromatic rings. The first kappa shape index (κ1) is 26.6. The highest BCUT2D eigenvalue weighted by Crippen LogP contribution is 2.36. The Morgan fingerprint density at radius 3 is 2.24 bits per heavy atom. The molecule has 0 unspecified atom stereocenters. The molecule has 0 amide bonds. The first-order valence-electron chi connectivity index (χ1n) is 11.0. The third kappa shape index (κ3) is 4.36. The average Bonchev–Trinajstić information content (AvgIpc) is 3.45. The fourth-order valence-corrected chi connectivity index (χ4v) is 6.27. The van der Waals surface area contributed by atoms with Crippen LogP contribution in [0.5, 0.6) is 0 Å². The molecular weight excluding hydrogens is 527 g/mol. The van der Waals surface area contributed by atoms with Crippen LogP contribution in [0.2, 0.25) is 0 Å². The number of esters is 1. The van der Waals surface area contributed by atoms with Crippen molar-refractivity contribution in [3.63, 3.8) is 0 Å². The van der Waals surface area contributed by atoms with Crippen LogP contribution in [-0.2, 0) is 20.2 Å². The Hall–Kier alpha value is -3.44. The lowest BCUT2D eigenvalue weighted by atomic mass is 9.87. The van der Waals surface area contributed by atoms with E-state index in [9.17, 15) is 22.4 Å². The zero-order valence-electron chi connectivity index (χ0n) is 20.5. The lowest BCUT2D eigenvalue weighted by Crippen LogP contribution is -2.20. The lowest BCUT2D eigenvalue weighted by Gasteiger charge is -2.20. The second kappa shape index (κ2) is 9.14. The molecule has 0 atom stereocenters. The van der Waals surface area contributed by atoms with Crippen LogP contribution in [0, 0.1) is 24.4 Å². The van der Waals surface area contributed by atoms with E-state index in [2.05, 4.69) is 4.74 Å². The highest BCUT2D eigenvalue weighted by molar-refractivity contribution is 7.90. The Morgan fingerprint density at radius 2 is 1.62 bits per heavy atom. The molecular formula is C26H22F3NO5S2. The van der Waals surface area contributed by atoms with Crippen LogP contribution in [0.3, 0.4) is 0 Å². The summed E-state index contributed by atoms with van der Waals surface area (Å²) in [5, 5.41) is -0.831. The van der Waals surface area contributed by atoms with Gasteiger partial charge in [0.25, 0.3) is 10.0 Å². The Morgan fingerprint density at radius 1 is 0.973 bits per heavy atom. The molecule has 0 N–H and O–H groups in total. The topological polar surface area (TPSA) is 82.4 Å². The Balaban J connectivity index is 2.07. The fraction of sp³-hybridized carbons (Fsp3) is 0.231. The Labute approximate surface area is 215 Å². The Bertz CT molecular complexity index is 1700. The van der Waals surface area contributed by atoms with Gasteiger partial charge in [0, 0.05) is 5.56 Å². The maximum atomic E-state index is 15.8. The van der Waals surface area contributed by atoms with E-state index < -0.39 is 66.8 Å². The Kier molecular flexibility index (Phi) is 6.58. The van der Waals surface area contributed by atoms with Gasteiger partial charge in [0.1, 0.15) is 22.2 Å². The molecule has 4 rings (SSSR count). The third-order valence-electron chi connectivity index (χ3n) is 5.95. The van der Waals surface area contributed by atoms with Crippen molar-refractivity contribution < 1.29 is 35.9 Å². The van der Waals surface area contributed by atoms with Crippen molar-refractivity contribution in [3.05, 3.63) is 86.5 Å². The molecule has 0 bridgehead atoms. The summed E-state index contributed by atoms with van der Waals surface area (Å²) in [7, 11) is -3.60. The minimum absolute atomic E-state index is 0.0164. The highest BCUT2D eigenvalue weighted by Gasteiger charge is 2.35. The monoisotopic (exact) mass is 549 g/mol. The van der Waals surface area contributed by atoms with Crippen LogP contribution >= 0.6 is 11.3 Å². The summed E-state index contributed by atoms with van der Waals surface area (Å²) in [6.07, 6.45) is 0. The van der Waals surface area contributed by atoms with E-state index in [0.29, 0.717) is 26.9 Å². The smallest absolute Gasteiger partial charge is 0.348 e. The van der Waals surface area contributed by atoms with Gasteiger partial charge in [0.15, 0.2) is 5.82 Å². The number of nitrogens with zero attached hydrogens (tertiary/aromatic N) is 1. The number of halogens is 3. The summed E-state index contributed by atoms with van der Waals surface area (Å²) in [6.45, 7) is 6.66. The number of fused-ring (bicyclic) bond motifs is 1. The van der Waals surface area contributed by atoms with Gasteiger partial charge < -0.3 is 4.74 Å². The minimum atomic E-state index is -4.74. The summed E-state index contributed by atoms with van der Waals surface area (Å²) in [4.78, 5) is 24.9. The van der Waals surface area contributed by atoms with E-state index in [1.165, 1.54) is 30.3 Å². The molecule has 2 heterocycles. The molecule has 0 aliphatic carbocycles. The second-order valence-corrected chi connectivity index (χ2v) is 12.3. The number of aromatic nitrogens is 1. The van der Waals surface area contributed by atoms with E-state index in [4.69, 9.17) is 0 Å². The number of carbonyl (C=O) groups is 2. The van der Waals surface area contributed by atoms with Crippen LogP contribution in [0.15, 0.2) is 47.4 Å². The van der Waals surface area contributed by atoms with Crippen LogP contribution in [0.25, 0.3) is 10.9 Å². The standard InChI is InChI=1S/C26H22F3NO5S2/c1-13-16(27)12-17-20(21(13)28)22(29)23(24(31)18-9-10-19(36-18)25(32)35-5)30(17)37(33,34)15-8-6-7-14(11-15)26(2,3)4/h6-12H,1-5H3. The molecule has 0 spiro atoms. The van der Waals surface area contributed by atoms with Crippen molar-refractivity contribution in [1.29, 1.82) is 0 Å². The molecule has 0 aliphatic rings. The van der Waals surface area contributed by atoms with Gasteiger partial charge in [-0.25, -0.2) is 30.4 Å². The molecule has 194 valence electrons. The zero-order chi connectivity index (χ0) is 27.4. The predicted molar refractivity (Wildman–Crippen MR) is 133 cm³/mol. The van der Waals surface area contributed by atoms with E-state index in [1.54, 1.807) is 6.07 Å². The quantitative estimate of drug-likeness (QED) is 0.226. The molecule has 0 saturated carbocycles. The maximum Gasteiger partial charge on any atom is 0.348 e. The van der Waals surface area contributed by atoms with Gasteiger partial charge in [0.2, 0.25) is 5.78 Å². The fourth-order valence-electron chi connectivity index (χ4n) is 3.86. The molecule has 37 heavy (non-hydrogen) atoms. The van der Waals surface area contributed by atoms with Gasteiger partial charge in [-0.05, 0) is 48.2 Å². The normalized spacial score (nSPS) is 12.2. The SMILES string of the molecule is COC(=O)c1ccc(C(=O)c2c(F)c3c(F)c(C)c(F)cc3n2S(=O)(=O)c2cccc(C(C)(C)C)c2)s1. The van der Waals surface area contributed by atoms with Crippen molar-refractivity contribution >= 4 is 44.0 Å². The van der Waals surface area contributed by atoms with Crippen molar-refractivity contribution in [1.82, 2.24) is 3.97 Å². The number of methoxy groups -OCH3 is 1. The highest BCUT2D eigenvalue weighted by atomic mass is 32.2. The zero-order valence-corrected chi connectivity index (χ0v) is 22.1. The van der Waals surface area contributed by atoms with Gasteiger partial charge in [-0.1, -0.05) is 32.9 Å². The molecule has 2 aromatic heterocycles. The molecule has 0 fully saturated rings. The van der Waals surface area contributed by atoms with E-state index in [1.807, 2.05) is 20.8 Å². The molecule has 0 aliphatic heterocycles. The van der Waals surface area contributed by atoms with E-state index >= 15 is 8.78 Å². The van der Waals surface area contributed by atoms with Crippen molar-refractivity contribution in [3.8, 4) is 0 Å². The third-order valence-corrected chi connectivity index (χ3v) is 8.72. The molecule has 0 saturated heterocycles. The summed E-state index contributed by atoms with van der Waals surface area (Å²) >= 11 is 0.652. The molecule has 0 radical (unpaired) electrons. The molecule has 11 heteroatoms. The second-order valence-electron chi connectivity index (χ2n) is 9.39. The number of benzene rings is 2. The summed E-state index contributed by atoms with van der Waals surface area (Å²) in [5.41, 5.74) is -2.01.